The van der Waals surface area contributed by atoms with Gasteiger partial charge in [0.1, 0.15) is 5.60 Å². The van der Waals surface area contributed by atoms with Gasteiger partial charge in [-0.3, -0.25) is 4.79 Å². The van der Waals surface area contributed by atoms with Gasteiger partial charge in [0.05, 0.1) is 12.6 Å². The van der Waals surface area contributed by atoms with Gasteiger partial charge in [0.15, 0.2) is 11.6 Å². The van der Waals surface area contributed by atoms with Gasteiger partial charge in [0.2, 0.25) is 0 Å². The Hall–Kier alpha value is -1.53. The van der Waals surface area contributed by atoms with Crippen LogP contribution in [0.3, 0.4) is 0 Å². The average molecular weight is 270 g/mol. The third-order valence-electron chi connectivity index (χ3n) is 3.09. The SMILES string of the molecule is CC1(C)OC(CN)CN(c2ccc(F)c(F)c2)C1=O. The van der Waals surface area contributed by atoms with E-state index in [4.69, 9.17) is 10.5 Å². The van der Waals surface area contributed by atoms with Gasteiger partial charge in [0.25, 0.3) is 5.91 Å². The molecule has 0 radical (unpaired) electrons. The first-order chi connectivity index (χ1) is 8.85. The lowest BCUT2D eigenvalue weighted by Crippen LogP contribution is -2.59. The maximum Gasteiger partial charge on any atom is 0.258 e. The minimum atomic E-state index is -1.03. The zero-order chi connectivity index (χ0) is 14.2. The van der Waals surface area contributed by atoms with Crippen molar-refractivity contribution in [3.05, 3.63) is 29.8 Å². The van der Waals surface area contributed by atoms with Crippen LogP contribution in [0.25, 0.3) is 0 Å². The summed E-state index contributed by atoms with van der Waals surface area (Å²) in [5, 5.41) is 0. The molecule has 1 saturated heterocycles. The van der Waals surface area contributed by atoms with Crippen LogP contribution in [0.15, 0.2) is 18.2 Å². The molecule has 1 unspecified atom stereocenters. The van der Waals surface area contributed by atoms with E-state index in [1.807, 2.05) is 0 Å². The summed E-state index contributed by atoms with van der Waals surface area (Å²) in [5.41, 5.74) is 4.84. The van der Waals surface area contributed by atoms with E-state index in [2.05, 4.69) is 0 Å². The highest BCUT2D eigenvalue weighted by Crippen LogP contribution is 2.28. The molecule has 1 fully saturated rings. The van der Waals surface area contributed by atoms with Gasteiger partial charge >= 0.3 is 0 Å². The maximum absolute atomic E-state index is 13.3. The van der Waals surface area contributed by atoms with E-state index >= 15 is 0 Å². The molecule has 0 bridgehead atoms. The molecule has 6 heteroatoms. The molecule has 1 aliphatic rings. The van der Waals surface area contributed by atoms with Crippen LogP contribution in [-0.2, 0) is 9.53 Å². The molecule has 0 aliphatic carbocycles. The maximum atomic E-state index is 13.3. The number of amides is 1. The first-order valence-electron chi connectivity index (χ1n) is 6.00. The van der Waals surface area contributed by atoms with Crippen molar-refractivity contribution >= 4 is 11.6 Å². The molecule has 4 nitrogen and oxygen atoms in total. The number of benzene rings is 1. The lowest BCUT2D eigenvalue weighted by molar-refractivity contribution is -0.153. The van der Waals surface area contributed by atoms with Gasteiger partial charge in [-0.25, -0.2) is 8.78 Å². The van der Waals surface area contributed by atoms with Gasteiger partial charge in [-0.05, 0) is 26.0 Å². The van der Waals surface area contributed by atoms with Crippen LogP contribution >= 0.6 is 0 Å². The summed E-state index contributed by atoms with van der Waals surface area (Å²) in [7, 11) is 0. The number of rotatable bonds is 2. The Balaban J connectivity index is 2.35. The minimum absolute atomic E-state index is 0.226. The number of carbonyl (C=O) groups is 1. The summed E-state index contributed by atoms with van der Waals surface area (Å²) in [4.78, 5) is 13.6. The van der Waals surface area contributed by atoms with Crippen molar-refractivity contribution in [2.75, 3.05) is 18.0 Å². The molecule has 2 rings (SSSR count). The van der Waals surface area contributed by atoms with Crippen LogP contribution < -0.4 is 10.6 Å². The second-order valence-corrected chi connectivity index (χ2v) is 5.00. The monoisotopic (exact) mass is 270 g/mol. The van der Waals surface area contributed by atoms with Gasteiger partial charge in [-0.15, -0.1) is 0 Å². The number of anilines is 1. The van der Waals surface area contributed by atoms with E-state index in [9.17, 15) is 13.6 Å². The number of hydrogen-bond donors (Lipinski definition) is 1. The minimum Gasteiger partial charge on any atom is -0.359 e. The standard InChI is InChI=1S/C13H16F2N2O2/c1-13(2)12(18)17(7-9(6-16)19-13)8-3-4-10(14)11(15)5-8/h3-5,9H,6-7,16H2,1-2H3. The first-order valence-corrected chi connectivity index (χ1v) is 6.00. The van der Waals surface area contributed by atoms with Crippen molar-refractivity contribution in [3.8, 4) is 0 Å². The molecule has 0 aromatic heterocycles. The molecule has 1 atom stereocenters. The Bertz CT molecular complexity index is 505. The third-order valence-corrected chi connectivity index (χ3v) is 3.09. The first kappa shape index (κ1) is 13.9. The highest BCUT2D eigenvalue weighted by Gasteiger charge is 2.41. The van der Waals surface area contributed by atoms with Crippen molar-refractivity contribution in [3.63, 3.8) is 0 Å². The molecule has 0 saturated carbocycles. The summed E-state index contributed by atoms with van der Waals surface area (Å²) in [5.74, 6) is -2.24. The molecule has 1 aromatic carbocycles. The predicted molar refractivity (Wildman–Crippen MR) is 66.7 cm³/mol. The zero-order valence-corrected chi connectivity index (χ0v) is 10.8. The summed E-state index contributed by atoms with van der Waals surface area (Å²) < 4.78 is 31.8. The van der Waals surface area contributed by atoms with E-state index in [1.165, 1.54) is 11.0 Å². The van der Waals surface area contributed by atoms with E-state index in [1.54, 1.807) is 13.8 Å². The molecule has 104 valence electrons. The second-order valence-electron chi connectivity index (χ2n) is 5.00. The third kappa shape index (κ3) is 2.59. The van der Waals surface area contributed by atoms with Gasteiger partial charge in [-0.2, -0.15) is 0 Å². The normalized spacial score (nSPS) is 22.7. The van der Waals surface area contributed by atoms with E-state index in [0.717, 1.165) is 12.1 Å². The van der Waals surface area contributed by atoms with Crippen molar-refractivity contribution in [2.45, 2.75) is 25.6 Å². The van der Waals surface area contributed by atoms with Gasteiger partial charge < -0.3 is 15.4 Å². The van der Waals surface area contributed by atoms with E-state index < -0.39 is 17.2 Å². The fraction of sp³-hybridized carbons (Fsp3) is 0.462. The fourth-order valence-electron chi connectivity index (χ4n) is 2.11. The van der Waals surface area contributed by atoms with E-state index in [-0.39, 0.29) is 25.1 Å². The van der Waals surface area contributed by atoms with E-state index in [0.29, 0.717) is 5.69 Å². The predicted octanol–water partition coefficient (Wildman–Crippen LogP) is 1.43. The average Bonchev–Trinajstić information content (AvgIpc) is 2.36. The highest BCUT2D eigenvalue weighted by atomic mass is 19.2. The van der Waals surface area contributed by atoms with Crippen LogP contribution in [0, 0.1) is 11.6 Å². The van der Waals surface area contributed by atoms with Crippen molar-refractivity contribution in [1.82, 2.24) is 0 Å². The number of ether oxygens (including phenoxy) is 1. The summed E-state index contributed by atoms with van der Waals surface area (Å²) in [6.07, 6.45) is -0.333. The Morgan fingerprint density at radius 3 is 2.68 bits per heavy atom. The van der Waals surface area contributed by atoms with Crippen molar-refractivity contribution < 1.29 is 18.3 Å². The zero-order valence-electron chi connectivity index (χ0n) is 10.8. The highest BCUT2D eigenvalue weighted by molar-refractivity contribution is 5.99. The smallest absolute Gasteiger partial charge is 0.258 e. The molecule has 2 N–H and O–H groups in total. The topological polar surface area (TPSA) is 55.6 Å². The van der Waals surface area contributed by atoms with Crippen molar-refractivity contribution in [2.24, 2.45) is 5.73 Å². The number of carbonyl (C=O) groups excluding carboxylic acids is 1. The van der Waals surface area contributed by atoms with Crippen LogP contribution in [0.5, 0.6) is 0 Å². The Morgan fingerprint density at radius 2 is 2.11 bits per heavy atom. The molecule has 1 aromatic rings. The fourth-order valence-corrected chi connectivity index (χ4v) is 2.11. The Kier molecular flexibility index (Phi) is 3.56. The Labute approximate surface area is 110 Å². The number of nitrogens with two attached hydrogens (primary N) is 1. The molecule has 0 spiro atoms. The number of nitrogens with zero attached hydrogens (tertiary/aromatic N) is 1. The molecule has 1 amide bonds. The molecular formula is C13H16F2N2O2. The molecule has 1 heterocycles. The van der Waals surface area contributed by atoms with Crippen LogP contribution in [0.2, 0.25) is 0 Å². The summed E-state index contributed by atoms with van der Waals surface area (Å²) in [6, 6.07) is 3.37. The summed E-state index contributed by atoms with van der Waals surface area (Å²) >= 11 is 0. The van der Waals surface area contributed by atoms with Gasteiger partial charge in [-0.1, -0.05) is 0 Å². The lowest BCUT2D eigenvalue weighted by Gasteiger charge is -2.41. The second kappa shape index (κ2) is 4.86. The largest absolute Gasteiger partial charge is 0.359 e. The van der Waals surface area contributed by atoms with Crippen LogP contribution in [0.4, 0.5) is 14.5 Å². The number of halogens is 2. The summed E-state index contributed by atoms with van der Waals surface area (Å²) in [6.45, 7) is 3.73. The quantitative estimate of drug-likeness (QED) is 0.884. The molecule has 19 heavy (non-hydrogen) atoms. The van der Waals surface area contributed by atoms with Crippen molar-refractivity contribution in [1.29, 1.82) is 0 Å². The van der Waals surface area contributed by atoms with Gasteiger partial charge in [0, 0.05) is 18.3 Å². The lowest BCUT2D eigenvalue weighted by atomic mass is 10.0. The number of hydrogen-bond acceptors (Lipinski definition) is 3. The van der Waals surface area contributed by atoms with Crippen LogP contribution in [-0.4, -0.2) is 30.7 Å². The van der Waals surface area contributed by atoms with Crippen LogP contribution in [0.1, 0.15) is 13.8 Å². The molecule has 1 aliphatic heterocycles. The molecular weight excluding hydrogens is 254 g/mol. The Morgan fingerprint density at radius 1 is 1.42 bits per heavy atom. The number of morpholine rings is 1.